The van der Waals surface area contributed by atoms with Crippen molar-refractivity contribution in [2.45, 2.75) is 45.9 Å². The number of benzene rings is 2. The number of phenolic OH excluding ortho intramolecular Hbond substituents is 3. The normalized spacial score (nSPS) is 31.0. The van der Waals surface area contributed by atoms with E-state index in [-0.39, 0.29) is 23.0 Å². The third kappa shape index (κ3) is 5.06. The van der Waals surface area contributed by atoms with Gasteiger partial charge in [-0.15, -0.1) is 0 Å². The van der Waals surface area contributed by atoms with Crippen LogP contribution in [0.2, 0.25) is 0 Å². The van der Waals surface area contributed by atoms with E-state index in [2.05, 4.69) is 5.32 Å². The SMILES string of the molecule is C[C@@H]1[C@@H](Nc2ccccc2O)[C@@H](C)C(=O)[C@@H](C)[C@@H](O)[C@@H](C)C(=O)O[C@@H]1c1cc(O)cc(O)c1. The van der Waals surface area contributed by atoms with Crippen LogP contribution in [0.1, 0.15) is 39.4 Å². The molecule has 0 bridgehead atoms. The van der Waals surface area contributed by atoms with Crippen LogP contribution in [0.25, 0.3) is 0 Å². The molecule has 1 saturated heterocycles. The molecule has 0 radical (unpaired) electrons. The Morgan fingerprint density at radius 2 is 1.45 bits per heavy atom. The molecule has 178 valence electrons. The number of aromatic hydroxyl groups is 3. The van der Waals surface area contributed by atoms with Gasteiger partial charge in [-0.1, -0.05) is 32.9 Å². The maximum absolute atomic E-state index is 13.3. The van der Waals surface area contributed by atoms with Gasteiger partial charge in [0.05, 0.1) is 17.7 Å². The lowest BCUT2D eigenvalue weighted by molar-refractivity contribution is -0.164. The Kier molecular flexibility index (Phi) is 7.17. The molecule has 1 aliphatic rings. The fourth-order valence-corrected chi connectivity index (χ4v) is 4.50. The van der Waals surface area contributed by atoms with Gasteiger partial charge >= 0.3 is 5.97 Å². The summed E-state index contributed by atoms with van der Waals surface area (Å²) in [6.45, 7) is 6.60. The summed E-state index contributed by atoms with van der Waals surface area (Å²) in [4.78, 5) is 26.2. The monoisotopic (exact) mass is 457 g/mol. The van der Waals surface area contributed by atoms with Crippen molar-refractivity contribution in [3.8, 4) is 17.2 Å². The number of hydrogen-bond acceptors (Lipinski definition) is 8. The Bertz CT molecular complexity index is 1000. The molecule has 1 aliphatic heterocycles. The summed E-state index contributed by atoms with van der Waals surface area (Å²) >= 11 is 0. The number of carbonyl (C=O) groups is 2. The molecule has 0 unspecified atom stereocenters. The zero-order valence-electron chi connectivity index (χ0n) is 19.1. The molecule has 8 nitrogen and oxygen atoms in total. The van der Waals surface area contributed by atoms with Crippen molar-refractivity contribution in [2.24, 2.45) is 23.7 Å². The molecule has 2 aromatic rings. The fourth-order valence-electron chi connectivity index (χ4n) is 4.50. The van der Waals surface area contributed by atoms with Crippen molar-refractivity contribution in [2.75, 3.05) is 5.32 Å². The van der Waals surface area contributed by atoms with E-state index in [4.69, 9.17) is 4.74 Å². The number of ketones is 1. The van der Waals surface area contributed by atoms with Crippen LogP contribution >= 0.6 is 0 Å². The van der Waals surface area contributed by atoms with Crippen LogP contribution < -0.4 is 5.32 Å². The van der Waals surface area contributed by atoms with Crippen LogP contribution in [0.3, 0.4) is 0 Å². The van der Waals surface area contributed by atoms with Crippen LogP contribution in [0, 0.1) is 23.7 Å². The molecule has 0 aliphatic carbocycles. The van der Waals surface area contributed by atoms with Crippen molar-refractivity contribution in [3.63, 3.8) is 0 Å². The van der Waals surface area contributed by atoms with Crippen LogP contribution in [0.4, 0.5) is 5.69 Å². The third-order valence-corrected chi connectivity index (χ3v) is 6.60. The van der Waals surface area contributed by atoms with E-state index in [1.807, 2.05) is 0 Å². The first-order valence-electron chi connectivity index (χ1n) is 11.0. The van der Waals surface area contributed by atoms with E-state index in [1.165, 1.54) is 25.1 Å². The number of Topliss-reactive ketones (excluding diaryl/α,β-unsaturated/α-hetero) is 1. The first-order chi connectivity index (χ1) is 15.5. The number of hydrogen-bond donors (Lipinski definition) is 5. The summed E-state index contributed by atoms with van der Waals surface area (Å²) in [5.74, 6) is -4.30. The van der Waals surface area contributed by atoms with Gasteiger partial charge in [0.2, 0.25) is 0 Å². The average molecular weight is 458 g/mol. The fraction of sp³-hybridized carbons (Fsp3) is 0.440. The van der Waals surface area contributed by atoms with Gasteiger partial charge in [-0.25, -0.2) is 0 Å². The van der Waals surface area contributed by atoms with Gasteiger partial charge in [0.15, 0.2) is 0 Å². The van der Waals surface area contributed by atoms with E-state index >= 15 is 0 Å². The van der Waals surface area contributed by atoms with E-state index in [1.54, 1.807) is 39.0 Å². The highest BCUT2D eigenvalue weighted by Gasteiger charge is 2.43. The summed E-state index contributed by atoms with van der Waals surface area (Å²) in [5, 5.41) is 44.2. The summed E-state index contributed by atoms with van der Waals surface area (Å²) in [6.07, 6.45) is -2.21. The number of nitrogens with one attached hydrogen (secondary N) is 1. The number of para-hydroxylation sites is 2. The number of anilines is 1. The first kappa shape index (κ1) is 24.4. The van der Waals surface area contributed by atoms with Crippen molar-refractivity contribution >= 4 is 17.4 Å². The van der Waals surface area contributed by atoms with E-state index < -0.39 is 47.9 Å². The minimum Gasteiger partial charge on any atom is -0.508 e. The van der Waals surface area contributed by atoms with Crippen LogP contribution in [-0.2, 0) is 14.3 Å². The highest BCUT2D eigenvalue weighted by atomic mass is 16.5. The molecule has 2 aromatic carbocycles. The van der Waals surface area contributed by atoms with Crippen molar-refractivity contribution in [1.29, 1.82) is 0 Å². The number of phenols is 3. The number of aliphatic hydroxyl groups is 1. The molecule has 0 amide bonds. The quantitative estimate of drug-likeness (QED) is 0.350. The molecule has 3 rings (SSSR count). The second-order valence-corrected chi connectivity index (χ2v) is 8.95. The molecular weight excluding hydrogens is 426 g/mol. The predicted octanol–water partition coefficient (Wildman–Crippen LogP) is 3.36. The molecule has 0 saturated carbocycles. The minimum atomic E-state index is -1.25. The molecule has 8 heteroatoms. The summed E-state index contributed by atoms with van der Waals surface area (Å²) in [7, 11) is 0. The van der Waals surface area contributed by atoms with Crippen LogP contribution in [0.15, 0.2) is 42.5 Å². The van der Waals surface area contributed by atoms with Gasteiger partial charge in [-0.2, -0.15) is 0 Å². The molecule has 0 aromatic heterocycles. The summed E-state index contributed by atoms with van der Waals surface area (Å²) < 4.78 is 5.81. The predicted molar refractivity (Wildman–Crippen MR) is 122 cm³/mol. The molecule has 1 heterocycles. The number of aliphatic hydroxyl groups excluding tert-OH is 1. The lowest BCUT2D eigenvalue weighted by Crippen LogP contribution is -2.48. The number of esters is 1. The number of ether oxygens (including phenoxy) is 1. The Labute approximate surface area is 192 Å². The lowest BCUT2D eigenvalue weighted by Gasteiger charge is -2.39. The molecule has 0 spiro atoms. The molecule has 7 atom stereocenters. The molecule has 33 heavy (non-hydrogen) atoms. The van der Waals surface area contributed by atoms with E-state index in [0.717, 1.165) is 6.07 Å². The Balaban J connectivity index is 2.12. The highest BCUT2D eigenvalue weighted by molar-refractivity contribution is 5.86. The van der Waals surface area contributed by atoms with Gasteiger partial charge in [0.25, 0.3) is 0 Å². The zero-order valence-corrected chi connectivity index (χ0v) is 19.1. The van der Waals surface area contributed by atoms with E-state index in [0.29, 0.717) is 11.3 Å². The first-order valence-corrected chi connectivity index (χ1v) is 11.0. The Hall–Kier alpha value is -3.26. The average Bonchev–Trinajstić information content (AvgIpc) is 2.77. The molecule has 1 fully saturated rings. The van der Waals surface area contributed by atoms with Gasteiger partial charge < -0.3 is 30.5 Å². The van der Waals surface area contributed by atoms with Crippen molar-refractivity contribution in [1.82, 2.24) is 0 Å². The largest absolute Gasteiger partial charge is 0.508 e. The third-order valence-electron chi connectivity index (χ3n) is 6.60. The highest BCUT2D eigenvalue weighted by Crippen LogP contribution is 2.39. The maximum atomic E-state index is 13.3. The molecular formula is C25H31NO7. The van der Waals surface area contributed by atoms with Gasteiger partial charge in [0, 0.05) is 35.4 Å². The summed E-state index contributed by atoms with van der Waals surface area (Å²) in [6, 6.07) is 9.88. The van der Waals surface area contributed by atoms with Gasteiger partial charge in [0.1, 0.15) is 29.1 Å². The van der Waals surface area contributed by atoms with Gasteiger partial charge in [-0.05, 0) is 31.2 Å². The minimum absolute atomic E-state index is 0.00769. The maximum Gasteiger partial charge on any atom is 0.311 e. The zero-order chi connectivity index (χ0) is 24.4. The van der Waals surface area contributed by atoms with Crippen LogP contribution in [0.5, 0.6) is 17.2 Å². The number of cyclic esters (lactones) is 1. The second kappa shape index (κ2) is 9.70. The van der Waals surface area contributed by atoms with Crippen molar-refractivity contribution in [3.05, 3.63) is 48.0 Å². The van der Waals surface area contributed by atoms with Gasteiger partial charge in [-0.3, -0.25) is 9.59 Å². The topological polar surface area (TPSA) is 136 Å². The second-order valence-electron chi connectivity index (χ2n) is 8.95. The van der Waals surface area contributed by atoms with Crippen molar-refractivity contribution < 1.29 is 34.8 Å². The van der Waals surface area contributed by atoms with E-state index in [9.17, 15) is 30.0 Å². The Morgan fingerprint density at radius 3 is 2.06 bits per heavy atom. The molecule has 5 N–H and O–H groups in total. The number of rotatable bonds is 3. The van der Waals surface area contributed by atoms with Crippen LogP contribution in [-0.4, -0.2) is 44.3 Å². The Morgan fingerprint density at radius 1 is 0.848 bits per heavy atom. The lowest BCUT2D eigenvalue weighted by atomic mass is 9.76. The number of carbonyl (C=O) groups excluding carboxylic acids is 2. The standard InChI is InChI=1S/C25H31NO7/c1-12-21(26-19-7-5-6-8-20(19)29)13(2)24(16-9-17(27)11-18(28)10-16)33-25(32)15(4)23(31)14(3)22(12)30/h5-15,21,23-24,26-29,31H,1-4H3/t12-,13-,14-,15-,21+,23-,24+/m1/s1. The summed E-state index contributed by atoms with van der Waals surface area (Å²) in [5.41, 5.74) is 0.740. The smallest absolute Gasteiger partial charge is 0.311 e.